The van der Waals surface area contributed by atoms with E-state index in [9.17, 15) is 14.4 Å². The minimum atomic E-state index is -0.948. The number of carbonyl (C=O) groups is 3. The van der Waals surface area contributed by atoms with Crippen LogP contribution in [0.2, 0.25) is 0 Å². The lowest BCUT2D eigenvalue weighted by molar-refractivity contribution is -0.137. The molecule has 1 aliphatic carbocycles. The van der Waals surface area contributed by atoms with Gasteiger partial charge in [-0.3, -0.25) is 14.4 Å². The molecule has 2 atom stereocenters. The summed E-state index contributed by atoms with van der Waals surface area (Å²) in [6.45, 7) is 3.41. The van der Waals surface area contributed by atoms with Gasteiger partial charge in [-0.05, 0) is 49.1 Å². The van der Waals surface area contributed by atoms with E-state index in [0.29, 0.717) is 24.1 Å². The van der Waals surface area contributed by atoms with Crippen molar-refractivity contribution < 1.29 is 19.5 Å². The number of carbonyl (C=O) groups excluding carboxylic acids is 2. The number of benzene rings is 2. The van der Waals surface area contributed by atoms with Crippen LogP contribution in [0.25, 0.3) is 0 Å². The van der Waals surface area contributed by atoms with Crippen LogP contribution in [0.15, 0.2) is 48.5 Å². The topological polar surface area (TPSA) is 109 Å². The molecule has 0 radical (unpaired) electrons. The van der Waals surface area contributed by atoms with Gasteiger partial charge in [0.15, 0.2) is 5.78 Å². The molecular weight excluding hydrogens is 356 g/mol. The molecule has 6 heteroatoms. The van der Waals surface area contributed by atoms with Crippen molar-refractivity contribution in [3.8, 4) is 0 Å². The molecule has 1 amide bonds. The third kappa shape index (κ3) is 6.03. The van der Waals surface area contributed by atoms with Gasteiger partial charge in [-0.1, -0.05) is 30.3 Å². The fraction of sp³-hybridized carbons (Fsp3) is 0.318. The van der Waals surface area contributed by atoms with Crippen molar-refractivity contribution in [3.63, 3.8) is 0 Å². The number of fused-ring (bicyclic) bond motifs is 1. The third-order valence-corrected chi connectivity index (χ3v) is 4.57. The second-order valence-electron chi connectivity index (χ2n) is 6.95. The normalized spacial score (nSPS) is 16.2. The Morgan fingerprint density at radius 2 is 1.89 bits per heavy atom. The van der Waals surface area contributed by atoms with Crippen LogP contribution in [0.3, 0.4) is 0 Å². The van der Waals surface area contributed by atoms with E-state index >= 15 is 0 Å². The molecule has 4 N–H and O–H groups in total. The molecule has 0 bridgehead atoms. The van der Waals surface area contributed by atoms with Crippen molar-refractivity contribution in [3.05, 3.63) is 65.2 Å². The molecule has 0 fully saturated rings. The Kier molecular flexibility index (Phi) is 7.46. The van der Waals surface area contributed by atoms with Gasteiger partial charge in [-0.25, -0.2) is 0 Å². The Morgan fingerprint density at radius 1 is 1.21 bits per heavy atom. The molecule has 0 saturated heterocycles. The third-order valence-electron chi connectivity index (χ3n) is 4.57. The number of carboxylic acid groups (broad SMARTS) is 1. The van der Waals surface area contributed by atoms with Gasteiger partial charge in [0.25, 0.3) is 0 Å². The van der Waals surface area contributed by atoms with Crippen LogP contribution < -0.4 is 11.1 Å². The number of hydrogen-bond donors (Lipinski definition) is 3. The molecule has 1 unspecified atom stereocenters. The van der Waals surface area contributed by atoms with Crippen LogP contribution >= 0.6 is 0 Å². The molecule has 0 saturated carbocycles. The molecule has 2 aromatic rings. The van der Waals surface area contributed by atoms with Crippen molar-refractivity contribution >= 4 is 23.3 Å². The molecule has 148 valence electrons. The number of hydrogen-bond acceptors (Lipinski definition) is 4. The van der Waals surface area contributed by atoms with Gasteiger partial charge in [-0.15, -0.1) is 0 Å². The lowest BCUT2D eigenvalue weighted by Gasteiger charge is -2.22. The first-order valence-corrected chi connectivity index (χ1v) is 9.25. The highest BCUT2D eigenvalue weighted by molar-refractivity contribution is 6.02. The summed E-state index contributed by atoms with van der Waals surface area (Å²) in [6.07, 6.45) is 1.08. The van der Waals surface area contributed by atoms with Crippen LogP contribution in [-0.2, 0) is 16.0 Å². The van der Waals surface area contributed by atoms with Gasteiger partial charge in [0.2, 0.25) is 5.91 Å². The number of Topliss-reactive ketones (excluding diaryl/α,β-unsaturated/α-hetero) is 1. The summed E-state index contributed by atoms with van der Waals surface area (Å²) >= 11 is 0. The standard InChI is InChI=1S/C14H15NO4.C8H11N/c1-8(16)15-11-4-5-12-9(6-11)2-3-10(14(12)19)7-13(17)18;1-7(9)8-5-3-2-4-6-8/h4-6,10H,2-3,7H2,1H3,(H,15,16)(H,17,18);2-7H,9H2,1H3/t10-;/m1./s1. The number of carboxylic acids is 1. The van der Waals surface area contributed by atoms with Crippen LogP contribution in [0, 0.1) is 5.92 Å². The average molecular weight is 382 g/mol. The van der Waals surface area contributed by atoms with Crippen molar-refractivity contribution in [2.24, 2.45) is 11.7 Å². The SMILES string of the molecule is CC(=O)Nc1ccc2c(c1)CC[C@H](CC(=O)O)C2=O.CC(N)c1ccccc1. The van der Waals surface area contributed by atoms with Crippen LogP contribution in [-0.4, -0.2) is 22.8 Å². The Balaban J connectivity index is 0.000000261. The van der Waals surface area contributed by atoms with E-state index in [2.05, 4.69) is 5.32 Å². The van der Waals surface area contributed by atoms with E-state index < -0.39 is 11.9 Å². The van der Waals surface area contributed by atoms with Crippen LogP contribution in [0.5, 0.6) is 0 Å². The molecule has 0 spiro atoms. The summed E-state index contributed by atoms with van der Waals surface area (Å²) in [5, 5.41) is 11.4. The maximum absolute atomic E-state index is 12.1. The zero-order valence-electron chi connectivity index (χ0n) is 16.1. The zero-order valence-corrected chi connectivity index (χ0v) is 16.1. The number of ketones is 1. The van der Waals surface area contributed by atoms with Gasteiger partial charge in [-0.2, -0.15) is 0 Å². The van der Waals surface area contributed by atoms with Gasteiger partial charge >= 0.3 is 5.97 Å². The number of nitrogens with one attached hydrogen (secondary N) is 1. The predicted octanol–water partition coefficient (Wildman–Crippen LogP) is 3.57. The van der Waals surface area contributed by atoms with E-state index in [1.54, 1.807) is 18.2 Å². The van der Waals surface area contributed by atoms with E-state index in [4.69, 9.17) is 10.8 Å². The summed E-state index contributed by atoms with van der Waals surface area (Å²) in [4.78, 5) is 33.8. The molecule has 0 aliphatic heterocycles. The number of aryl methyl sites for hydroxylation is 1. The summed E-state index contributed by atoms with van der Waals surface area (Å²) in [5.41, 5.74) is 8.92. The summed E-state index contributed by atoms with van der Waals surface area (Å²) in [6, 6.07) is 15.3. The monoisotopic (exact) mass is 382 g/mol. The predicted molar refractivity (Wildman–Crippen MR) is 108 cm³/mol. The molecular formula is C22H26N2O4. The van der Waals surface area contributed by atoms with E-state index in [1.807, 2.05) is 37.3 Å². The van der Waals surface area contributed by atoms with Gasteiger partial charge < -0.3 is 16.2 Å². The van der Waals surface area contributed by atoms with E-state index in [0.717, 1.165) is 5.56 Å². The fourth-order valence-corrected chi connectivity index (χ4v) is 3.16. The molecule has 28 heavy (non-hydrogen) atoms. The van der Waals surface area contributed by atoms with Crippen molar-refractivity contribution in [1.82, 2.24) is 0 Å². The first-order chi connectivity index (χ1) is 13.3. The Hall–Kier alpha value is -2.99. The highest BCUT2D eigenvalue weighted by Crippen LogP contribution is 2.29. The van der Waals surface area contributed by atoms with Crippen molar-refractivity contribution in [1.29, 1.82) is 0 Å². The van der Waals surface area contributed by atoms with Crippen molar-refractivity contribution in [2.75, 3.05) is 5.32 Å². The number of rotatable bonds is 4. The fourth-order valence-electron chi connectivity index (χ4n) is 3.16. The molecule has 0 heterocycles. The lowest BCUT2D eigenvalue weighted by atomic mass is 9.81. The smallest absolute Gasteiger partial charge is 0.304 e. The highest BCUT2D eigenvalue weighted by Gasteiger charge is 2.29. The number of amides is 1. The quantitative estimate of drug-likeness (QED) is 0.749. The Bertz CT molecular complexity index is 847. The molecule has 2 aromatic carbocycles. The van der Waals surface area contributed by atoms with E-state index in [-0.39, 0.29) is 24.2 Å². The molecule has 6 nitrogen and oxygen atoms in total. The molecule has 0 aromatic heterocycles. The molecule has 3 rings (SSSR count). The first-order valence-electron chi connectivity index (χ1n) is 9.25. The second kappa shape index (κ2) is 9.80. The number of nitrogens with two attached hydrogens (primary N) is 1. The van der Waals surface area contributed by atoms with Gasteiger partial charge in [0, 0.05) is 30.1 Å². The van der Waals surface area contributed by atoms with Crippen LogP contribution in [0.4, 0.5) is 5.69 Å². The maximum atomic E-state index is 12.1. The van der Waals surface area contributed by atoms with Crippen molar-refractivity contribution in [2.45, 2.75) is 39.2 Å². The second-order valence-corrected chi connectivity index (χ2v) is 6.95. The summed E-state index contributed by atoms with van der Waals surface area (Å²) in [7, 11) is 0. The average Bonchev–Trinajstić information content (AvgIpc) is 2.64. The first kappa shape index (κ1) is 21.3. The Morgan fingerprint density at radius 3 is 2.43 bits per heavy atom. The van der Waals surface area contributed by atoms with E-state index in [1.165, 1.54) is 12.5 Å². The van der Waals surface area contributed by atoms with Gasteiger partial charge in [0.1, 0.15) is 0 Å². The Labute approximate surface area is 164 Å². The number of anilines is 1. The summed E-state index contributed by atoms with van der Waals surface area (Å²) < 4.78 is 0. The molecule has 1 aliphatic rings. The summed E-state index contributed by atoms with van der Waals surface area (Å²) in [5.74, 6) is -1.66. The minimum Gasteiger partial charge on any atom is -0.481 e. The van der Waals surface area contributed by atoms with Crippen LogP contribution in [0.1, 0.15) is 54.2 Å². The number of aliphatic carboxylic acids is 1. The maximum Gasteiger partial charge on any atom is 0.304 e. The highest BCUT2D eigenvalue weighted by atomic mass is 16.4. The zero-order chi connectivity index (χ0) is 20.7. The lowest BCUT2D eigenvalue weighted by Crippen LogP contribution is -2.25. The van der Waals surface area contributed by atoms with Gasteiger partial charge in [0.05, 0.1) is 6.42 Å². The minimum absolute atomic E-state index is 0.113. The largest absolute Gasteiger partial charge is 0.481 e.